The van der Waals surface area contributed by atoms with Crippen LogP contribution in [0.25, 0.3) is 20.5 Å². The lowest BCUT2D eigenvalue weighted by Crippen LogP contribution is -1.90. The molecular formula is C16H12O3S. The Morgan fingerprint density at radius 1 is 1.20 bits per heavy atom. The second kappa shape index (κ2) is 4.98. The standard InChI is InChI=1S/C16H12O3S/c1-19-12-7-6-11(9-17)16(18)15(12)14-8-10-4-2-3-5-13(10)20-14/h2-9,18H,1H3. The lowest BCUT2D eigenvalue weighted by atomic mass is 10.1. The number of hydrogen-bond donors (Lipinski definition) is 1. The fourth-order valence-corrected chi connectivity index (χ4v) is 3.31. The number of fused-ring (bicyclic) bond motifs is 1. The topological polar surface area (TPSA) is 46.5 Å². The molecule has 0 aliphatic rings. The number of aromatic hydroxyl groups is 1. The van der Waals surface area contributed by atoms with Crippen LogP contribution in [0.5, 0.6) is 11.5 Å². The van der Waals surface area contributed by atoms with Crippen molar-refractivity contribution in [2.45, 2.75) is 0 Å². The molecule has 0 spiro atoms. The minimum absolute atomic E-state index is 0.0362. The molecule has 0 saturated carbocycles. The maximum atomic E-state index is 11.0. The van der Waals surface area contributed by atoms with Gasteiger partial charge >= 0.3 is 0 Å². The van der Waals surface area contributed by atoms with Crippen molar-refractivity contribution < 1.29 is 14.6 Å². The first-order valence-corrected chi connectivity index (χ1v) is 6.90. The van der Waals surface area contributed by atoms with E-state index in [4.69, 9.17) is 4.74 Å². The summed E-state index contributed by atoms with van der Waals surface area (Å²) in [6.07, 6.45) is 0.644. The van der Waals surface area contributed by atoms with Crippen LogP contribution in [0, 0.1) is 0 Å². The van der Waals surface area contributed by atoms with Crippen molar-refractivity contribution in [1.29, 1.82) is 0 Å². The highest BCUT2D eigenvalue weighted by Crippen LogP contribution is 2.44. The minimum atomic E-state index is -0.0362. The molecule has 0 unspecified atom stereocenters. The van der Waals surface area contributed by atoms with Crippen molar-refractivity contribution in [2.24, 2.45) is 0 Å². The monoisotopic (exact) mass is 284 g/mol. The number of methoxy groups -OCH3 is 1. The first kappa shape index (κ1) is 12.7. The maximum absolute atomic E-state index is 11.0. The number of phenolic OH excluding ortho intramolecular Hbond substituents is 1. The summed E-state index contributed by atoms with van der Waals surface area (Å²) in [6, 6.07) is 13.2. The van der Waals surface area contributed by atoms with Crippen molar-refractivity contribution >= 4 is 27.7 Å². The average molecular weight is 284 g/mol. The average Bonchev–Trinajstić information content (AvgIpc) is 2.90. The molecule has 0 fully saturated rings. The molecule has 3 rings (SSSR count). The van der Waals surface area contributed by atoms with Gasteiger partial charge in [-0.05, 0) is 29.7 Å². The first-order valence-electron chi connectivity index (χ1n) is 6.08. The molecule has 4 heteroatoms. The number of hydrogen-bond acceptors (Lipinski definition) is 4. The molecule has 1 heterocycles. The van der Waals surface area contributed by atoms with Crippen molar-refractivity contribution in [2.75, 3.05) is 7.11 Å². The zero-order valence-electron chi connectivity index (χ0n) is 10.8. The molecule has 0 aliphatic carbocycles. The second-order valence-corrected chi connectivity index (χ2v) is 5.43. The van der Waals surface area contributed by atoms with Crippen LogP contribution < -0.4 is 4.74 Å². The molecule has 3 nitrogen and oxygen atoms in total. The molecule has 0 radical (unpaired) electrons. The van der Waals surface area contributed by atoms with E-state index in [2.05, 4.69) is 0 Å². The van der Waals surface area contributed by atoms with Gasteiger partial charge in [-0.1, -0.05) is 18.2 Å². The van der Waals surface area contributed by atoms with Gasteiger partial charge in [0.25, 0.3) is 0 Å². The van der Waals surface area contributed by atoms with Crippen LogP contribution in [-0.2, 0) is 0 Å². The van der Waals surface area contributed by atoms with Gasteiger partial charge in [-0.15, -0.1) is 11.3 Å². The lowest BCUT2D eigenvalue weighted by Gasteiger charge is -2.10. The van der Waals surface area contributed by atoms with E-state index in [-0.39, 0.29) is 11.3 Å². The fourth-order valence-electron chi connectivity index (χ4n) is 2.20. The normalized spacial score (nSPS) is 10.7. The van der Waals surface area contributed by atoms with Crippen molar-refractivity contribution in [3.63, 3.8) is 0 Å². The number of carbonyl (C=O) groups is 1. The number of rotatable bonds is 3. The fraction of sp³-hybridized carbons (Fsp3) is 0.0625. The van der Waals surface area contributed by atoms with Gasteiger partial charge in [0.05, 0.1) is 18.2 Å². The smallest absolute Gasteiger partial charge is 0.153 e. The summed E-state index contributed by atoms with van der Waals surface area (Å²) in [5, 5.41) is 11.4. The van der Waals surface area contributed by atoms with Gasteiger partial charge in [-0.3, -0.25) is 4.79 Å². The maximum Gasteiger partial charge on any atom is 0.153 e. The second-order valence-electron chi connectivity index (χ2n) is 4.35. The van der Waals surface area contributed by atoms with E-state index in [9.17, 15) is 9.90 Å². The Morgan fingerprint density at radius 3 is 2.70 bits per heavy atom. The van der Waals surface area contributed by atoms with E-state index in [0.717, 1.165) is 15.0 Å². The van der Waals surface area contributed by atoms with Crippen molar-refractivity contribution in [3.8, 4) is 21.9 Å². The third kappa shape index (κ3) is 1.94. The molecule has 0 bridgehead atoms. The summed E-state index contributed by atoms with van der Waals surface area (Å²) in [5.41, 5.74) is 0.830. The summed E-state index contributed by atoms with van der Waals surface area (Å²) in [6.45, 7) is 0. The van der Waals surface area contributed by atoms with Gasteiger partial charge in [0.15, 0.2) is 6.29 Å². The summed E-state index contributed by atoms with van der Waals surface area (Å²) in [5.74, 6) is 0.519. The zero-order chi connectivity index (χ0) is 14.1. The number of thiophene rings is 1. The van der Waals surface area contributed by atoms with Gasteiger partial charge in [-0.25, -0.2) is 0 Å². The highest BCUT2D eigenvalue weighted by molar-refractivity contribution is 7.22. The highest BCUT2D eigenvalue weighted by Gasteiger charge is 2.17. The third-order valence-corrected chi connectivity index (χ3v) is 4.32. The number of carbonyl (C=O) groups excluding carboxylic acids is 1. The van der Waals surface area contributed by atoms with E-state index in [1.165, 1.54) is 0 Å². The first-order chi connectivity index (χ1) is 9.74. The number of ether oxygens (including phenoxy) is 1. The summed E-state index contributed by atoms with van der Waals surface area (Å²) >= 11 is 1.56. The van der Waals surface area contributed by atoms with E-state index >= 15 is 0 Å². The minimum Gasteiger partial charge on any atom is -0.506 e. The SMILES string of the molecule is COc1ccc(C=O)c(O)c1-c1cc2ccccc2s1. The molecule has 1 aromatic heterocycles. The van der Waals surface area contributed by atoms with Gasteiger partial charge in [-0.2, -0.15) is 0 Å². The van der Waals surface area contributed by atoms with E-state index in [1.54, 1.807) is 30.6 Å². The van der Waals surface area contributed by atoms with E-state index in [0.29, 0.717) is 17.6 Å². The molecule has 1 N–H and O–H groups in total. The van der Waals surface area contributed by atoms with Crippen LogP contribution >= 0.6 is 11.3 Å². The number of phenols is 1. The molecule has 100 valence electrons. The third-order valence-electron chi connectivity index (χ3n) is 3.19. The zero-order valence-corrected chi connectivity index (χ0v) is 11.6. The number of aldehydes is 1. The molecule has 20 heavy (non-hydrogen) atoms. The Hall–Kier alpha value is -2.33. The number of benzene rings is 2. The molecule has 0 atom stereocenters. The molecule has 3 aromatic rings. The van der Waals surface area contributed by atoms with Gasteiger partial charge in [0.1, 0.15) is 11.5 Å². The van der Waals surface area contributed by atoms with Gasteiger partial charge in [0.2, 0.25) is 0 Å². The van der Waals surface area contributed by atoms with Crippen LogP contribution in [0.2, 0.25) is 0 Å². The Labute approximate surface area is 120 Å². The summed E-state index contributed by atoms with van der Waals surface area (Å²) < 4.78 is 6.43. The van der Waals surface area contributed by atoms with E-state index in [1.807, 2.05) is 30.3 Å². The van der Waals surface area contributed by atoms with Crippen LogP contribution in [-0.4, -0.2) is 18.5 Å². The van der Waals surface area contributed by atoms with Gasteiger partial charge in [0, 0.05) is 9.58 Å². The van der Waals surface area contributed by atoms with Gasteiger partial charge < -0.3 is 9.84 Å². The van der Waals surface area contributed by atoms with Crippen LogP contribution in [0.15, 0.2) is 42.5 Å². The Balaban J connectivity index is 2.29. The Kier molecular flexibility index (Phi) is 3.16. The van der Waals surface area contributed by atoms with Crippen molar-refractivity contribution in [1.82, 2.24) is 0 Å². The highest BCUT2D eigenvalue weighted by atomic mass is 32.1. The van der Waals surface area contributed by atoms with Crippen LogP contribution in [0.4, 0.5) is 0 Å². The molecule has 0 saturated heterocycles. The molecular weight excluding hydrogens is 272 g/mol. The quantitative estimate of drug-likeness (QED) is 0.737. The predicted molar refractivity (Wildman–Crippen MR) is 80.9 cm³/mol. The molecule has 0 aliphatic heterocycles. The van der Waals surface area contributed by atoms with Crippen LogP contribution in [0.1, 0.15) is 10.4 Å². The Morgan fingerprint density at radius 2 is 2.00 bits per heavy atom. The van der Waals surface area contributed by atoms with E-state index < -0.39 is 0 Å². The largest absolute Gasteiger partial charge is 0.506 e. The predicted octanol–water partition coefficient (Wildman–Crippen LogP) is 4.10. The molecule has 2 aromatic carbocycles. The van der Waals surface area contributed by atoms with Crippen molar-refractivity contribution in [3.05, 3.63) is 48.0 Å². The lowest BCUT2D eigenvalue weighted by molar-refractivity contribution is 0.112. The van der Waals surface area contributed by atoms with Crippen LogP contribution in [0.3, 0.4) is 0 Å². The molecule has 0 amide bonds. The summed E-state index contributed by atoms with van der Waals surface area (Å²) in [7, 11) is 1.55. The summed E-state index contributed by atoms with van der Waals surface area (Å²) in [4.78, 5) is 11.9. The Bertz CT molecular complexity index is 757.